The fourth-order valence-corrected chi connectivity index (χ4v) is 3.77. The van der Waals surface area contributed by atoms with Crippen molar-refractivity contribution in [3.05, 3.63) is 29.8 Å². The summed E-state index contributed by atoms with van der Waals surface area (Å²) in [6.45, 7) is 21.5. The van der Waals surface area contributed by atoms with Crippen molar-refractivity contribution in [2.24, 2.45) is 0 Å². The van der Waals surface area contributed by atoms with E-state index < -0.39 is 52.3 Å². The van der Waals surface area contributed by atoms with E-state index in [1.165, 1.54) is 0 Å². The molecule has 0 aliphatic rings. The van der Waals surface area contributed by atoms with Crippen molar-refractivity contribution in [3.8, 4) is 5.75 Å². The molecule has 0 spiro atoms. The van der Waals surface area contributed by atoms with E-state index in [-0.39, 0.29) is 39.2 Å². The van der Waals surface area contributed by atoms with Gasteiger partial charge in [0.1, 0.15) is 40.8 Å². The molecular formula is C33H54N2O9. The largest absolute Gasteiger partial charge is 0.492 e. The van der Waals surface area contributed by atoms with Crippen LogP contribution in [0.5, 0.6) is 5.75 Å². The molecule has 1 N–H and O–H groups in total. The smallest absolute Gasteiger partial charge is 0.324 e. The summed E-state index contributed by atoms with van der Waals surface area (Å²) in [7, 11) is 0. The van der Waals surface area contributed by atoms with Crippen molar-refractivity contribution >= 4 is 23.9 Å². The third-order valence-corrected chi connectivity index (χ3v) is 5.19. The molecule has 1 unspecified atom stereocenters. The lowest BCUT2D eigenvalue weighted by Crippen LogP contribution is -2.45. The van der Waals surface area contributed by atoms with Crippen molar-refractivity contribution in [3.63, 3.8) is 0 Å². The number of nitrogens with one attached hydrogen (secondary N) is 1. The Morgan fingerprint density at radius 3 is 1.52 bits per heavy atom. The molecule has 1 atom stereocenters. The molecule has 1 rings (SSSR count). The maximum absolute atomic E-state index is 12.9. The van der Waals surface area contributed by atoms with E-state index in [2.05, 4.69) is 5.32 Å². The zero-order valence-electron chi connectivity index (χ0n) is 28.8. The summed E-state index contributed by atoms with van der Waals surface area (Å²) < 4.78 is 27.6. The van der Waals surface area contributed by atoms with Gasteiger partial charge in [-0.1, -0.05) is 12.1 Å². The SMILES string of the molecule is CC(C)(C)OC(=O)CNC(Cc1ccc(OCCN(CC(=O)OC(C)(C)C)CC(=O)OC(C)(C)C)cc1)C(=O)OC(C)(C)C. The second kappa shape index (κ2) is 16.2. The van der Waals surface area contributed by atoms with Gasteiger partial charge >= 0.3 is 23.9 Å². The van der Waals surface area contributed by atoms with E-state index in [4.69, 9.17) is 23.7 Å². The first kappa shape index (κ1) is 38.8. The van der Waals surface area contributed by atoms with Gasteiger partial charge in [0, 0.05) is 6.54 Å². The Balaban J connectivity index is 2.86. The first-order valence-corrected chi connectivity index (χ1v) is 15.0. The molecule has 1 aromatic carbocycles. The molecule has 11 nitrogen and oxygen atoms in total. The van der Waals surface area contributed by atoms with E-state index >= 15 is 0 Å². The maximum atomic E-state index is 12.9. The average Bonchev–Trinajstić information content (AvgIpc) is 2.77. The number of rotatable bonds is 14. The summed E-state index contributed by atoms with van der Waals surface area (Å²) in [5.41, 5.74) is -1.82. The molecule has 0 aliphatic heterocycles. The Bertz CT molecular complexity index is 1060. The lowest BCUT2D eigenvalue weighted by atomic mass is 10.1. The molecule has 0 fully saturated rings. The predicted molar refractivity (Wildman–Crippen MR) is 167 cm³/mol. The fourth-order valence-electron chi connectivity index (χ4n) is 3.77. The number of hydrogen-bond donors (Lipinski definition) is 1. The van der Waals surface area contributed by atoms with E-state index in [1.54, 1.807) is 100 Å². The van der Waals surface area contributed by atoms with Gasteiger partial charge in [0.15, 0.2) is 0 Å². The second-order valence-electron chi connectivity index (χ2n) is 14.6. The van der Waals surface area contributed by atoms with E-state index in [0.29, 0.717) is 5.75 Å². The van der Waals surface area contributed by atoms with Crippen LogP contribution in [0.4, 0.5) is 0 Å². The van der Waals surface area contributed by atoms with Crippen molar-refractivity contribution in [2.45, 2.75) is 118 Å². The summed E-state index contributed by atoms with van der Waals surface area (Å²) in [6, 6.07) is 6.40. The third kappa shape index (κ3) is 19.2. The summed E-state index contributed by atoms with van der Waals surface area (Å²) in [6.07, 6.45) is 0.275. The average molecular weight is 623 g/mol. The molecule has 0 saturated carbocycles. The van der Waals surface area contributed by atoms with Gasteiger partial charge in [0.25, 0.3) is 0 Å². The van der Waals surface area contributed by atoms with Gasteiger partial charge in [-0.2, -0.15) is 0 Å². The normalized spacial score (nSPS) is 13.2. The molecule has 0 saturated heterocycles. The van der Waals surface area contributed by atoms with Gasteiger partial charge in [0.05, 0.1) is 19.6 Å². The first-order valence-electron chi connectivity index (χ1n) is 15.0. The summed E-state index contributed by atoms with van der Waals surface area (Å²) in [5.74, 6) is -1.28. The summed E-state index contributed by atoms with van der Waals surface area (Å²) in [5, 5.41) is 2.97. The number of nitrogens with zero attached hydrogens (tertiary/aromatic N) is 1. The van der Waals surface area contributed by atoms with Gasteiger partial charge in [0.2, 0.25) is 0 Å². The van der Waals surface area contributed by atoms with Crippen LogP contribution in [0.1, 0.15) is 88.6 Å². The number of ether oxygens (including phenoxy) is 5. The molecule has 0 aromatic heterocycles. The number of hydrogen-bond acceptors (Lipinski definition) is 11. The predicted octanol–water partition coefficient (Wildman–Crippen LogP) is 4.23. The first-order chi connectivity index (χ1) is 19.9. The Kier molecular flexibility index (Phi) is 14.3. The molecule has 0 heterocycles. The van der Waals surface area contributed by atoms with Crippen LogP contribution in [0, 0.1) is 0 Å². The zero-order chi connectivity index (χ0) is 33.9. The van der Waals surface area contributed by atoms with E-state index in [9.17, 15) is 19.2 Å². The molecular weight excluding hydrogens is 568 g/mol. The van der Waals surface area contributed by atoms with Crippen molar-refractivity contribution in [1.82, 2.24) is 10.2 Å². The van der Waals surface area contributed by atoms with E-state index in [1.807, 2.05) is 12.1 Å². The molecule has 0 amide bonds. The summed E-state index contributed by atoms with van der Waals surface area (Å²) >= 11 is 0. The fraction of sp³-hybridized carbons (Fsp3) is 0.697. The highest BCUT2D eigenvalue weighted by atomic mass is 16.6. The Morgan fingerprint density at radius 1 is 0.659 bits per heavy atom. The Hall–Kier alpha value is -3.18. The lowest BCUT2D eigenvalue weighted by molar-refractivity contribution is -0.161. The molecule has 0 aliphatic carbocycles. The van der Waals surface area contributed by atoms with Crippen LogP contribution in [0.25, 0.3) is 0 Å². The quantitative estimate of drug-likeness (QED) is 0.236. The molecule has 0 radical (unpaired) electrons. The molecule has 1 aromatic rings. The molecule has 44 heavy (non-hydrogen) atoms. The monoisotopic (exact) mass is 622 g/mol. The van der Waals surface area contributed by atoms with Crippen LogP contribution in [-0.2, 0) is 44.5 Å². The van der Waals surface area contributed by atoms with Crippen LogP contribution >= 0.6 is 0 Å². The van der Waals surface area contributed by atoms with Gasteiger partial charge in [-0.05, 0) is 107 Å². The van der Waals surface area contributed by atoms with E-state index in [0.717, 1.165) is 5.56 Å². The van der Waals surface area contributed by atoms with Gasteiger partial charge in [-0.3, -0.25) is 29.4 Å². The molecule has 11 heteroatoms. The van der Waals surface area contributed by atoms with Crippen LogP contribution in [0.15, 0.2) is 24.3 Å². The van der Waals surface area contributed by atoms with Gasteiger partial charge < -0.3 is 23.7 Å². The number of carbonyl (C=O) groups is 4. The highest BCUT2D eigenvalue weighted by Gasteiger charge is 2.27. The van der Waals surface area contributed by atoms with Gasteiger partial charge in [-0.25, -0.2) is 0 Å². The third-order valence-electron chi connectivity index (χ3n) is 5.19. The van der Waals surface area contributed by atoms with Gasteiger partial charge in [-0.15, -0.1) is 0 Å². The summed E-state index contributed by atoms with van der Waals surface area (Å²) in [4.78, 5) is 51.7. The lowest BCUT2D eigenvalue weighted by Gasteiger charge is -2.26. The number of carbonyl (C=O) groups excluding carboxylic acids is 4. The van der Waals surface area contributed by atoms with Crippen LogP contribution in [-0.4, -0.2) is 90.0 Å². The standard InChI is InChI=1S/C33H54N2O9/c1-30(2,3)41-26(36)20-34-25(29(39)44-33(10,11)12)19-23-13-15-24(16-14-23)40-18-17-35(21-27(37)42-31(4,5)6)22-28(38)43-32(7,8)9/h13-16,25,34H,17-22H2,1-12H3. The minimum absolute atomic E-state index is 0.0961. The Labute approximate surface area is 263 Å². The topological polar surface area (TPSA) is 130 Å². The number of benzene rings is 1. The maximum Gasteiger partial charge on any atom is 0.324 e. The Morgan fingerprint density at radius 2 is 1.09 bits per heavy atom. The molecule has 250 valence electrons. The van der Waals surface area contributed by atoms with Crippen molar-refractivity contribution < 1.29 is 42.9 Å². The zero-order valence-corrected chi connectivity index (χ0v) is 28.8. The number of esters is 4. The second-order valence-corrected chi connectivity index (χ2v) is 14.6. The highest BCUT2D eigenvalue weighted by molar-refractivity contribution is 5.78. The van der Waals surface area contributed by atoms with Crippen LogP contribution < -0.4 is 10.1 Å². The molecule has 0 bridgehead atoms. The van der Waals surface area contributed by atoms with Crippen LogP contribution in [0.2, 0.25) is 0 Å². The van der Waals surface area contributed by atoms with Crippen molar-refractivity contribution in [1.29, 1.82) is 0 Å². The minimum atomic E-state index is -0.775. The highest BCUT2D eigenvalue weighted by Crippen LogP contribution is 2.17. The minimum Gasteiger partial charge on any atom is -0.492 e. The van der Waals surface area contributed by atoms with Crippen LogP contribution in [0.3, 0.4) is 0 Å². The van der Waals surface area contributed by atoms with Crippen molar-refractivity contribution in [2.75, 3.05) is 32.8 Å².